The van der Waals surface area contributed by atoms with Crippen LogP contribution in [0.3, 0.4) is 0 Å². The van der Waals surface area contributed by atoms with Crippen molar-refractivity contribution in [3.05, 3.63) is 24.0 Å². The Morgan fingerprint density at radius 3 is 2.92 bits per heavy atom. The fourth-order valence-electron chi connectivity index (χ4n) is 4.78. The largest absolute Gasteiger partial charge is 0.384 e. The van der Waals surface area contributed by atoms with E-state index in [1.54, 1.807) is 5.57 Å². The standard InChI is InChI=1S/C20H29N5O/c21-18-12-19(23-14-22-18)24-10-9-17-16(13-24)6-7-20(26)25(17)11-8-15-4-2-1-3-5-15/h4,12,14,16-17H,1-3,5-11,13H2,(H2,21,22,23)/t16-,17+/m0/s1. The van der Waals surface area contributed by atoms with Gasteiger partial charge in [0.15, 0.2) is 0 Å². The van der Waals surface area contributed by atoms with Crippen LogP contribution in [-0.4, -0.2) is 46.5 Å². The van der Waals surface area contributed by atoms with Gasteiger partial charge in [-0.3, -0.25) is 4.79 Å². The van der Waals surface area contributed by atoms with E-state index in [9.17, 15) is 4.79 Å². The predicted octanol–water partition coefficient (Wildman–Crippen LogP) is 2.77. The number of aromatic nitrogens is 2. The van der Waals surface area contributed by atoms with Crippen molar-refractivity contribution >= 4 is 17.5 Å². The second-order valence-electron chi connectivity index (χ2n) is 7.85. The van der Waals surface area contributed by atoms with Gasteiger partial charge in [0, 0.05) is 38.2 Å². The van der Waals surface area contributed by atoms with E-state index >= 15 is 0 Å². The summed E-state index contributed by atoms with van der Waals surface area (Å²) in [5, 5.41) is 0. The van der Waals surface area contributed by atoms with E-state index in [2.05, 4.69) is 25.8 Å². The number of amides is 1. The summed E-state index contributed by atoms with van der Waals surface area (Å²) in [5.41, 5.74) is 7.37. The van der Waals surface area contributed by atoms with Crippen LogP contribution in [0.2, 0.25) is 0 Å². The maximum absolute atomic E-state index is 12.6. The highest BCUT2D eigenvalue weighted by Gasteiger charge is 2.39. The van der Waals surface area contributed by atoms with Gasteiger partial charge in [0.05, 0.1) is 0 Å². The lowest BCUT2D eigenvalue weighted by Gasteiger charge is -2.47. The van der Waals surface area contributed by atoms with Gasteiger partial charge in [-0.05, 0) is 50.9 Å². The summed E-state index contributed by atoms with van der Waals surface area (Å²) in [6.07, 6.45) is 12.7. The Kier molecular flexibility index (Phi) is 5.09. The van der Waals surface area contributed by atoms with E-state index in [1.165, 1.54) is 32.0 Å². The second-order valence-corrected chi connectivity index (χ2v) is 7.85. The maximum atomic E-state index is 12.6. The molecule has 0 saturated carbocycles. The van der Waals surface area contributed by atoms with Crippen molar-refractivity contribution in [3.8, 4) is 0 Å². The smallest absolute Gasteiger partial charge is 0.222 e. The van der Waals surface area contributed by atoms with Crippen LogP contribution in [0.1, 0.15) is 51.4 Å². The third-order valence-corrected chi connectivity index (χ3v) is 6.20. The third kappa shape index (κ3) is 3.69. The molecule has 0 unspecified atom stereocenters. The zero-order valence-corrected chi connectivity index (χ0v) is 15.4. The van der Waals surface area contributed by atoms with Crippen LogP contribution >= 0.6 is 0 Å². The minimum Gasteiger partial charge on any atom is -0.384 e. The Labute approximate surface area is 155 Å². The van der Waals surface area contributed by atoms with Crippen molar-refractivity contribution in [2.45, 2.75) is 57.4 Å². The minimum atomic E-state index is 0.349. The molecule has 2 atom stereocenters. The Morgan fingerprint density at radius 1 is 1.19 bits per heavy atom. The third-order valence-electron chi connectivity index (χ3n) is 6.20. The number of nitrogens with two attached hydrogens (primary N) is 1. The van der Waals surface area contributed by atoms with Crippen LogP contribution in [-0.2, 0) is 4.79 Å². The molecule has 0 aromatic carbocycles. The maximum Gasteiger partial charge on any atom is 0.222 e. The van der Waals surface area contributed by atoms with Crippen LogP contribution < -0.4 is 10.6 Å². The second kappa shape index (κ2) is 7.64. The number of allylic oxidation sites excluding steroid dienone is 1. The van der Waals surface area contributed by atoms with E-state index < -0.39 is 0 Å². The number of fused-ring (bicyclic) bond motifs is 1. The molecular formula is C20H29N5O. The molecule has 1 aliphatic carbocycles. The fraction of sp³-hybridized carbons (Fsp3) is 0.650. The quantitative estimate of drug-likeness (QED) is 0.841. The van der Waals surface area contributed by atoms with Gasteiger partial charge in [-0.1, -0.05) is 11.6 Å². The van der Waals surface area contributed by atoms with Gasteiger partial charge in [0.2, 0.25) is 5.91 Å². The average molecular weight is 355 g/mol. The summed E-state index contributed by atoms with van der Waals surface area (Å²) in [7, 11) is 0. The van der Waals surface area contributed by atoms with Gasteiger partial charge >= 0.3 is 0 Å². The van der Waals surface area contributed by atoms with E-state index in [0.717, 1.165) is 44.7 Å². The minimum absolute atomic E-state index is 0.349. The van der Waals surface area contributed by atoms with Gasteiger partial charge in [0.25, 0.3) is 0 Å². The number of nitrogen functional groups attached to an aromatic ring is 1. The van der Waals surface area contributed by atoms with Gasteiger partial charge in [-0.2, -0.15) is 0 Å². The van der Waals surface area contributed by atoms with Crippen LogP contribution in [0.5, 0.6) is 0 Å². The highest BCUT2D eigenvalue weighted by atomic mass is 16.2. The molecule has 26 heavy (non-hydrogen) atoms. The molecule has 3 heterocycles. The van der Waals surface area contributed by atoms with Crippen LogP contribution in [0, 0.1) is 5.92 Å². The Hall–Kier alpha value is -2.11. The summed E-state index contributed by atoms with van der Waals surface area (Å²) in [5.74, 6) is 2.30. The topological polar surface area (TPSA) is 75.3 Å². The van der Waals surface area contributed by atoms with Crippen molar-refractivity contribution in [2.75, 3.05) is 30.3 Å². The highest BCUT2D eigenvalue weighted by Crippen LogP contribution is 2.33. The Bertz CT molecular complexity index is 689. The van der Waals surface area contributed by atoms with Gasteiger partial charge < -0.3 is 15.5 Å². The van der Waals surface area contributed by atoms with Crippen LogP contribution in [0.15, 0.2) is 24.0 Å². The predicted molar refractivity (Wildman–Crippen MR) is 103 cm³/mol. The molecule has 4 rings (SSSR count). The number of anilines is 2. The lowest BCUT2D eigenvalue weighted by molar-refractivity contribution is -0.139. The fourth-order valence-corrected chi connectivity index (χ4v) is 4.78. The molecule has 6 heteroatoms. The first-order valence-electron chi connectivity index (χ1n) is 10.0. The van der Waals surface area contributed by atoms with Crippen molar-refractivity contribution in [1.82, 2.24) is 14.9 Å². The first-order chi connectivity index (χ1) is 12.7. The Morgan fingerprint density at radius 2 is 2.12 bits per heavy atom. The zero-order chi connectivity index (χ0) is 17.9. The average Bonchev–Trinajstić information content (AvgIpc) is 2.68. The summed E-state index contributed by atoms with van der Waals surface area (Å²) in [6.45, 7) is 2.77. The molecule has 2 N–H and O–H groups in total. The van der Waals surface area contributed by atoms with Crippen LogP contribution in [0.25, 0.3) is 0 Å². The molecule has 0 radical (unpaired) electrons. The number of nitrogens with zero attached hydrogens (tertiary/aromatic N) is 4. The van der Waals surface area contributed by atoms with E-state index in [0.29, 0.717) is 30.1 Å². The number of likely N-dealkylation sites (tertiary alicyclic amines) is 1. The number of hydrogen-bond acceptors (Lipinski definition) is 5. The molecule has 1 aromatic rings. The molecule has 2 saturated heterocycles. The van der Waals surface area contributed by atoms with Crippen molar-refractivity contribution < 1.29 is 4.79 Å². The molecule has 2 fully saturated rings. The van der Waals surface area contributed by atoms with Gasteiger partial charge in [-0.25, -0.2) is 9.97 Å². The van der Waals surface area contributed by atoms with E-state index in [1.807, 2.05) is 6.07 Å². The normalized spacial score (nSPS) is 26.5. The molecular weight excluding hydrogens is 326 g/mol. The molecule has 2 aliphatic heterocycles. The van der Waals surface area contributed by atoms with Crippen molar-refractivity contribution in [1.29, 1.82) is 0 Å². The number of piperidine rings is 2. The molecule has 0 spiro atoms. The SMILES string of the molecule is Nc1cc(N2CC[C@@H]3[C@@H](CCC(=O)N3CCC3=CCCCC3)C2)ncn1. The number of rotatable bonds is 4. The lowest BCUT2D eigenvalue weighted by atomic mass is 9.83. The molecule has 6 nitrogen and oxygen atoms in total. The van der Waals surface area contributed by atoms with Crippen LogP contribution in [0.4, 0.5) is 11.6 Å². The first kappa shape index (κ1) is 17.3. The number of hydrogen-bond donors (Lipinski definition) is 1. The molecule has 1 amide bonds. The summed E-state index contributed by atoms with van der Waals surface area (Å²) < 4.78 is 0. The first-order valence-corrected chi connectivity index (χ1v) is 10.0. The number of carbonyl (C=O) groups is 1. The lowest BCUT2D eigenvalue weighted by Crippen LogP contribution is -2.56. The zero-order valence-electron chi connectivity index (χ0n) is 15.4. The van der Waals surface area contributed by atoms with Crippen molar-refractivity contribution in [2.24, 2.45) is 5.92 Å². The van der Waals surface area contributed by atoms with E-state index in [4.69, 9.17) is 5.73 Å². The highest BCUT2D eigenvalue weighted by molar-refractivity contribution is 5.77. The molecule has 1 aromatic heterocycles. The number of carbonyl (C=O) groups excluding carboxylic acids is 1. The monoisotopic (exact) mass is 355 g/mol. The van der Waals surface area contributed by atoms with Gasteiger partial charge in [0.1, 0.15) is 18.0 Å². The molecule has 0 bridgehead atoms. The van der Waals surface area contributed by atoms with Gasteiger partial charge in [-0.15, -0.1) is 0 Å². The van der Waals surface area contributed by atoms with E-state index in [-0.39, 0.29) is 0 Å². The summed E-state index contributed by atoms with van der Waals surface area (Å²) in [6, 6.07) is 2.23. The Balaban J connectivity index is 1.41. The van der Waals surface area contributed by atoms with Crippen molar-refractivity contribution in [3.63, 3.8) is 0 Å². The molecule has 140 valence electrons. The molecule has 3 aliphatic rings. The summed E-state index contributed by atoms with van der Waals surface area (Å²) in [4.78, 5) is 25.4. The summed E-state index contributed by atoms with van der Waals surface area (Å²) >= 11 is 0.